The Morgan fingerprint density at radius 1 is 1.00 bits per heavy atom. The molecule has 0 radical (unpaired) electrons. The van der Waals surface area contributed by atoms with E-state index in [-0.39, 0.29) is 6.61 Å². The largest absolute Gasteiger partial charge is 0.457 e. The molecule has 0 amide bonds. The first kappa shape index (κ1) is 11.7. The zero-order valence-corrected chi connectivity index (χ0v) is 10.1. The van der Waals surface area contributed by atoms with Crippen molar-refractivity contribution in [2.75, 3.05) is 0 Å². The Morgan fingerprint density at radius 3 is 2.35 bits per heavy atom. The highest BCUT2D eigenvalue weighted by molar-refractivity contribution is 5.40. The molecule has 2 nitrogen and oxygen atoms in total. The van der Waals surface area contributed by atoms with Crippen LogP contribution in [-0.4, -0.2) is 5.11 Å². The van der Waals surface area contributed by atoms with E-state index in [4.69, 9.17) is 9.84 Å². The standard InChI is InChI=1S/C15H16O2/c1-11-3-4-12(2)15(9-11)17-14-7-5-13(10-16)6-8-14/h3-9,16H,10H2,1-2H3. The Balaban J connectivity index is 2.22. The van der Waals surface area contributed by atoms with Crippen molar-refractivity contribution in [2.45, 2.75) is 20.5 Å². The smallest absolute Gasteiger partial charge is 0.130 e. The first-order chi connectivity index (χ1) is 8.19. The fourth-order valence-corrected chi connectivity index (χ4v) is 1.61. The molecular weight excluding hydrogens is 212 g/mol. The summed E-state index contributed by atoms with van der Waals surface area (Å²) in [7, 11) is 0. The van der Waals surface area contributed by atoms with Crippen LogP contribution in [0, 0.1) is 13.8 Å². The van der Waals surface area contributed by atoms with Crippen molar-refractivity contribution < 1.29 is 9.84 Å². The summed E-state index contributed by atoms with van der Waals surface area (Å²) < 4.78 is 5.81. The molecule has 17 heavy (non-hydrogen) atoms. The van der Waals surface area contributed by atoms with Gasteiger partial charge in [0.2, 0.25) is 0 Å². The highest BCUT2D eigenvalue weighted by Crippen LogP contribution is 2.26. The van der Waals surface area contributed by atoms with Crippen LogP contribution in [0.2, 0.25) is 0 Å². The maximum absolute atomic E-state index is 8.96. The normalized spacial score (nSPS) is 10.3. The van der Waals surface area contributed by atoms with E-state index in [0.717, 1.165) is 22.6 Å². The minimum atomic E-state index is 0.0593. The Kier molecular flexibility index (Phi) is 3.45. The van der Waals surface area contributed by atoms with Crippen LogP contribution < -0.4 is 4.74 Å². The summed E-state index contributed by atoms with van der Waals surface area (Å²) >= 11 is 0. The van der Waals surface area contributed by atoms with Crippen LogP contribution >= 0.6 is 0 Å². The van der Waals surface area contributed by atoms with Gasteiger partial charge >= 0.3 is 0 Å². The first-order valence-corrected chi connectivity index (χ1v) is 5.64. The Bertz CT molecular complexity index is 501. The molecule has 0 aliphatic carbocycles. The molecule has 0 fully saturated rings. The lowest BCUT2D eigenvalue weighted by Crippen LogP contribution is -1.89. The van der Waals surface area contributed by atoms with Crippen molar-refractivity contribution in [1.82, 2.24) is 0 Å². The Hall–Kier alpha value is -1.80. The number of aliphatic hydroxyl groups excluding tert-OH is 1. The van der Waals surface area contributed by atoms with E-state index in [2.05, 4.69) is 6.07 Å². The van der Waals surface area contributed by atoms with Crippen LogP contribution in [0.1, 0.15) is 16.7 Å². The second-order valence-electron chi connectivity index (χ2n) is 4.17. The van der Waals surface area contributed by atoms with Crippen molar-refractivity contribution in [3.05, 3.63) is 59.2 Å². The molecule has 0 heterocycles. The molecule has 0 unspecified atom stereocenters. The van der Waals surface area contributed by atoms with Crippen LogP contribution in [0.3, 0.4) is 0 Å². The molecule has 0 spiro atoms. The lowest BCUT2D eigenvalue weighted by Gasteiger charge is -2.09. The fourth-order valence-electron chi connectivity index (χ4n) is 1.61. The van der Waals surface area contributed by atoms with E-state index in [0.29, 0.717) is 0 Å². The van der Waals surface area contributed by atoms with Gasteiger partial charge in [-0.15, -0.1) is 0 Å². The first-order valence-electron chi connectivity index (χ1n) is 5.64. The predicted molar refractivity (Wildman–Crippen MR) is 68.4 cm³/mol. The molecule has 2 aromatic carbocycles. The lowest BCUT2D eigenvalue weighted by atomic mass is 10.1. The van der Waals surface area contributed by atoms with Gasteiger partial charge in [0.1, 0.15) is 11.5 Å². The molecule has 2 rings (SSSR count). The molecule has 0 aromatic heterocycles. The number of rotatable bonds is 3. The van der Waals surface area contributed by atoms with Crippen LogP contribution in [0.5, 0.6) is 11.5 Å². The van der Waals surface area contributed by atoms with Crippen molar-refractivity contribution in [1.29, 1.82) is 0 Å². The number of aryl methyl sites for hydroxylation is 2. The summed E-state index contributed by atoms with van der Waals surface area (Å²) in [5, 5.41) is 8.96. The number of aliphatic hydroxyl groups is 1. The Morgan fingerprint density at radius 2 is 1.71 bits per heavy atom. The molecule has 0 aliphatic rings. The molecular formula is C15H16O2. The van der Waals surface area contributed by atoms with Gasteiger partial charge in [-0.05, 0) is 48.7 Å². The zero-order valence-electron chi connectivity index (χ0n) is 10.1. The van der Waals surface area contributed by atoms with Crippen molar-refractivity contribution in [3.63, 3.8) is 0 Å². The molecule has 2 aromatic rings. The van der Waals surface area contributed by atoms with Gasteiger partial charge in [-0.2, -0.15) is 0 Å². The average molecular weight is 228 g/mol. The van der Waals surface area contributed by atoms with Gasteiger partial charge in [0, 0.05) is 0 Å². The van der Waals surface area contributed by atoms with E-state index in [1.807, 2.05) is 50.2 Å². The second-order valence-corrected chi connectivity index (χ2v) is 4.17. The summed E-state index contributed by atoms with van der Waals surface area (Å²) in [6, 6.07) is 13.6. The SMILES string of the molecule is Cc1ccc(C)c(Oc2ccc(CO)cc2)c1. The maximum atomic E-state index is 8.96. The highest BCUT2D eigenvalue weighted by Gasteiger charge is 2.01. The molecule has 0 bridgehead atoms. The van der Waals surface area contributed by atoms with Gasteiger partial charge in [-0.25, -0.2) is 0 Å². The van der Waals surface area contributed by atoms with Crippen LogP contribution in [0.25, 0.3) is 0 Å². The minimum Gasteiger partial charge on any atom is -0.457 e. The van der Waals surface area contributed by atoms with Gasteiger partial charge in [0.25, 0.3) is 0 Å². The van der Waals surface area contributed by atoms with E-state index >= 15 is 0 Å². The molecule has 2 heteroatoms. The molecule has 0 saturated heterocycles. The highest BCUT2D eigenvalue weighted by atomic mass is 16.5. The maximum Gasteiger partial charge on any atom is 0.130 e. The lowest BCUT2D eigenvalue weighted by molar-refractivity contribution is 0.281. The molecule has 0 atom stereocenters. The summed E-state index contributed by atoms with van der Waals surface area (Å²) in [4.78, 5) is 0. The van der Waals surface area contributed by atoms with E-state index in [1.165, 1.54) is 5.56 Å². The van der Waals surface area contributed by atoms with Gasteiger partial charge in [0.15, 0.2) is 0 Å². The van der Waals surface area contributed by atoms with Crippen LogP contribution in [0.15, 0.2) is 42.5 Å². The summed E-state index contributed by atoms with van der Waals surface area (Å²) in [5.74, 6) is 1.66. The van der Waals surface area contributed by atoms with Crippen molar-refractivity contribution in [3.8, 4) is 11.5 Å². The van der Waals surface area contributed by atoms with Crippen molar-refractivity contribution in [2.24, 2.45) is 0 Å². The summed E-state index contributed by atoms with van der Waals surface area (Å²) in [6.07, 6.45) is 0. The predicted octanol–water partition coefficient (Wildman–Crippen LogP) is 3.59. The van der Waals surface area contributed by atoms with Gasteiger partial charge in [0.05, 0.1) is 6.61 Å². The topological polar surface area (TPSA) is 29.5 Å². The van der Waals surface area contributed by atoms with E-state index in [9.17, 15) is 0 Å². The minimum absolute atomic E-state index is 0.0593. The third-order valence-corrected chi connectivity index (χ3v) is 2.68. The molecule has 0 aliphatic heterocycles. The van der Waals surface area contributed by atoms with Crippen LogP contribution in [-0.2, 0) is 6.61 Å². The number of hydrogen-bond donors (Lipinski definition) is 1. The average Bonchev–Trinajstić information content (AvgIpc) is 2.35. The number of ether oxygens (including phenoxy) is 1. The third kappa shape index (κ3) is 2.86. The fraction of sp³-hybridized carbons (Fsp3) is 0.200. The van der Waals surface area contributed by atoms with Gasteiger partial charge in [-0.1, -0.05) is 24.3 Å². The van der Waals surface area contributed by atoms with Gasteiger partial charge in [-0.3, -0.25) is 0 Å². The zero-order chi connectivity index (χ0) is 12.3. The molecule has 0 saturated carbocycles. The van der Waals surface area contributed by atoms with E-state index < -0.39 is 0 Å². The quantitative estimate of drug-likeness (QED) is 0.870. The van der Waals surface area contributed by atoms with E-state index in [1.54, 1.807) is 0 Å². The molecule has 1 N–H and O–H groups in total. The summed E-state index contributed by atoms with van der Waals surface area (Å²) in [6.45, 7) is 4.13. The van der Waals surface area contributed by atoms with Crippen molar-refractivity contribution >= 4 is 0 Å². The monoisotopic (exact) mass is 228 g/mol. The Labute approximate surface area is 101 Å². The third-order valence-electron chi connectivity index (χ3n) is 2.68. The number of hydrogen-bond acceptors (Lipinski definition) is 2. The van der Waals surface area contributed by atoms with Crippen LogP contribution in [0.4, 0.5) is 0 Å². The van der Waals surface area contributed by atoms with Gasteiger partial charge < -0.3 is 9.84 Å². The molecule has 88 valence electrons. The number of benzene rings is 2. The second kappa shape index (κ2) is 5.02. The summed E-state index contributed by atoms with van der Waals surface area (Å²) in [5.41, 5.74) is 3.18.